The number of rotatable bonds is 3. The third-order valence-electron chi connectivity index (χ3n) is 7.56. The van der Waals surface area contributed by atoms with Crippen molar-refractivity contribution in [2.45, 2.75) is 37.5 Å². The Balaban J connectivity index is 0.00000192. The van der Waals surface area contributed by atoms with Crippen LogP contribution in [-0.4, -0.2) is 65.9 Å². The van der Waals surface area contributed by atoms with E-state index in [9.17, 15) is 24.6 Å². The van der Waals surface area contributed by atoms with Crippen molar-refractivity contribution in [3.63, 3.8) is 0 Å². The predicted octanol–water partition coefficient (Wildman–Crippen LogP) is -4.41. The zero-order valence-corrected chi connectivity index (χ0v) is 16.8. The molecule has 3 saturated heterocycles. The second-order valence-electron chi connectivity index (χ2n) is 8.45. The number of aliphatic carboxylic acids is 2. The van der Waals surface area contributed by atoms with Gasteiger partial charge in [-0.2, -0.15) is 0 Å². The summed E-state index contributed by atoms with van der Waals surface area (Å²) in [4.78, 5) is 37.4. The molecule has 7 unspecified atom stereocenters. The first kappa shape index (κ1) is 19.6. The van der Waals surface area contributed by atoms with Crippen molar-refractivity contribution in [3.8, 4) is 0 Å². The van der Waals surface area contributed by atoms with Crippen LogP contribution in [0.2, 0.25) is 0 Å². The molecule has 5 aliphatic rings. The number of ether oxygens (including phenoxy) is 1. The van der Waals surface area contributed by atoms with Gasteiger partial charge in [0.1, 0.15) is 6.04 Å². The summed E-state index contributed by atoms with van der Waals surface area (Å²) in [5, 5.41) is 22.4. The Morgan fingerprint density at radius 2 is 2.14 bits per heavy atom. The summed E-state index contributed by atoms with van der Waals surface area (Å²) in [6.45, 7) is 2.11. The van der Waals surface area contributed by atoms with E-state index in [0.717, 1.165) is 25.6 Å². The zero-order valence-electron chi connectivity index (χ0n) is 15.2. The van der Waals surface area contributed by atoms with E-state index in [-0.39, 0.29) is 58.9 Å². The van der Waals surface area contributed by atoms with E-state index >= 15 is 0 Å². The minimum Gasteiger partial charge on any atom is -1.00 e. The number of nitrogens with one attached hydrogen (secondary N) is 2. The molecule has 9 heteroatoms. The molecule has 4 fully saturated rings. The van der Waals surface area contributed by atoms with Crippen LogP contribution in [0.25, 0.3) is 0 Å². The number of piperidine rings is 2. The largest absolute Gasteiger partial charge is 1.00 e. The van der Waals surface area contributed by atoms with Gasteiger partial charge in [-0.1, -0.05) is 6.08 Å². The number of amides is 1. The zero-order chi connectivity index (χ0) is 18.9. The van der Waals surface area contributed by atoms with E-state index in [1.54, 1.807) is 0 Å². The van der Waals surface area contributed by atoms with Crippen LogP contribution < -0.4 is 27.2 Å². The summed E-state index contributed by atoms with van der Waals surface area (Å²) < 4.78 is 6.01. The molecule has 0 spiro atoms. The third kappa shape index (κ3) is 2.52. The van der Waals surface area contributed by atoms with E-state index < -0.39 is 23.4 Å². The van der Waals surface area contributed by atoms with E-state index in [1.807, 2.05) is 0 Å². The van der Waals surface area contributed by atoms with Gasteiger partial charge in [-0.15, -0.1) is 0 Å². The van der Waals surface area contributed by atoms with Crippen LogP contribution in [0, 0.1) is 17.3 Å². The van der Waals surface area contributed by atoms with Crippen molar-refractivity contribution in [1.82, 2.24) is 5.32 Å². The fourth-order valence-corrected chi connectivity index (χ4v) is 6.75. The first-order chi connectivity index (χ1) is 12.9. The van der Waals surface area contributed by atoms with Crippen LogP contribution in [0.4, 0.5) is 0 Å². The van der Waals surface area contributed by atoms with Crippen molar-refractivity contribution in [3.05, 3.63) is 23.3 Å². The van der Waals surface area contributed by atoms with Gasteiger partial charge < -0.3 is 42.1 Å². The molecule has 4 heterocycles. The molecule has 4 N–H and O–H groups in total. The molecule has 0 aromatic rings. The standard InChI is InChI=1S/C19H22N2O6.BrH/c22-14-7-12-16-10-5-13-19(17(16)20-14,11(18(25)26)6-15(23)24)2-3-21(13)8-9(10)1-4-27-12;/h1,6,10,12-13,16-17H,2-5,7-8H2,(H,20,22)(H,23,24)(H,25,26);1H/b11-6+;. The van der Waals surface area contributed by atoms with Gasteiger partial charge in [-0.3, -0.25) is 4.79 Å². The van der Waals surface area contributed by atoms with Crippen LogP contribution in [0.3, 0.4) is 0 Å². The van der Waals surface area contributed by atoms with Crippen LogP contribution in [0.15, 0.2) is 23.3 Å². The van der Waals surface area contributed by atoms with Gasteiger partial charge in [0.05, 0.1) is 49.3 Å². The van der Waals surface area contributed by atoms with Gasteiger partial charge in [0.25, 0.3) is 0 Å². The maximum Gasteiger partial charge on any atom is 0.332 e. The van der Waals surface area contributed by atoms with E-state index in [2.05, 4.69) is 11.4 Å². The molecular weight excluding hydrogens is 432 g/mol. The van der Waals surface area contributed by atoms with Gasteiger partial charge in [0.15, 0.2) is 0 Å². The molecular formula is C19H23BrN2O6. The van der Waals surface area contributed by atoms with Crippen molar-refractivity contribution in [2.24, 2.45) is 17.3 Å². The van der Waals surface area contributed by atoms with Gasteiger partial charge in [0, 0.05) is 24.8 Å². The quantitative estimate of drug-likeness (QED) is 0.252. The molecule has 1 aliphatic carbocycles. The first-order valence-electron chi connectivity index (χ1n) is 9.54. The Bertz CT molecular complexity index is 810. The van der Waals surface area contributed by atoms with E-state index in [0.29, 0.717) is 13.0 Å². The lowest BCUT2D eigenvalue weighted by Crippen LogP contribution is -3.16. The molecule has 5 rings (SSSR count). The molecule has 28 heavy (non-hydrogen) atoms. The lowest BCUT2D eigenvalue weighted by molar-refractivity contribution is -0.917. The van der Waals surface area contributed by atoms with Gasteiger partial charge in [-0.25, -0.2) is 9.59 Å². The average Bonchev–Trinajstić information content (AvgIpc) is 2.90. The van der Waals surface area contributed by atoms with Crippen molar-refractivity contribution >= 4 is 17.8 Å². The number of carbonyl (C=O) groups is 3. The number of halogens is 1. The van der Waals surface area contributed by atoms with Crippen molar-refractivity contribution in [2.75, 3.05) is 19.7 Å². The molecule has 1 amide bonds. The summed E-state index contributed by atoms with van der Waals surface area (Å²) in [5.74, 6) is -2.35. The third-order valence-corrected chi connectivity index (χ3v) is 7.56. The minimum atomic E-state index is -1.26. The Morgan fingerprint density at radius 1 is 1.36 bits per heavy atom. The normalized spacial score (nSPS) is 43.2. The van der Waals surface area contributed by atoms with Crippen LogP contribution in [0.1, 0.15) is 19.3 Å². The second-order valence-corrected chi connectivity index (χ2v) is 8.45. The molecule has 1 saturated carbocycles. The molecule has 2 bridgehead atoms. The molecule has 0 aromatic carbocycles. The Kier molecular flexibility index (Phi) is 4.67. The Labute approximate surface area is 172 Å². The summed E-state index contributed by atoms with van der Waals surface area (Å²) >= 11 is 0. The first-order valence-corrected chi connectivity index (χ1v) is 9.54. The van der Waals surface area contributed by atoms with Gasteiger partial charge in [0.2, 0.25) is 5.91 Å². The molecule has 152 valence electrons. The number of carboxylic acid groups (broad SMARTS) is 2. The summed E-state index contributed by atoms with van der Waals surface area (Å²) in [6.07, 6.45) is 4.41. The summed E-state index contributed by atoms with van der Waals surface area (Å²) in [5.41, 5.74) is 0.412. The van der Waals surface area contributed by atoms with Gasteiger partial charge in [-0.05, 0) is 11.5 Å². The summed E-state index contributed by atoms with van der Waals surface area (Å²) in [7, 11) is 0. The molecule has 4 aliphatic heterocycles. The number of fused-ring (bicyclic) bond motifs is 1. The SMILES string of the molecule is O=C(O)/C=C(\C(=O)O)C12CC[NH+]3CC4=CCOC5CC(=O)NC1C5C4CC32.[Br-]. The highest BCUT2D eigenvalue weighted by molar-refractivity contribution is 5.96. The number of hydrogen-bond acceptors (Lipinski definition) is 4. The smallest absolute Gasteiger partial charge is 0.332 e. The van der Waals surface area contributed by atoms with Crippen LogP contribution >= 0.6 is 0 Å². The lowest BCUT2D eigenvalue weighted by Gasteiger charge is -2.57. The van der Waals surface area contributed by atoms with Crippen LogP contribution in [0.5, 0.6) is 0 Å². The highest BCUT2D eigenvalue weighted by Crippen LogP contribution is 2.56. The van der Waals surface area contributed by atoms with E-state index in [4.69, 9.17) is 4.74 Å². The maximum absolute atomic E-state index is 12.5. The number of hydrogen-bond donors (Lipinski definition) is 4. The fourth-order valence-electron chi connectivity index (χ4n) is 6.75. The Morgan fingerprint density at radius 3 is 2.86 bits per heavy atom. The highest BCUT2D eigenvalue weighted by Gasteiger charge is 2.69. The summed E-state index contributed by atoms with van der Waals surface area (Å²) in [6, 6.07) is -0.409. The van der Waals surface area contributed by atoms with Crippen molar-refractivity contribution < 1.29 is 51.2 Å². The molecule has 0 radical (unpaired) electrons. The van der Waals surface area contributed by atoms with Crippen LogP contribution in [-0.2, 0) is 19.1 Å². The minimum absolute atomic E-state index is 0. The topological polar surface area (TPSA) is 117 Å². The number of quaternary nitrogens is 1. The molecule has 8 nitrogen and oxygen atoms in total. The predicted molar refractivity (Wildman–Crippen MR) is 90.9 cm³/mol. The monoisotopic (exact) mass is 454 g/mol. The highest BCUT2D eigenvalue weighted by atomic mass is 79.9. The number of carboxylic acids is 2. The van der Waals surface area contributed by atoms with Gasteiger partial charge >= 0.3 is 11.9 Å². The lowest BCUT2D eigenvalue weighted by atomic mass is 9.52. The maximum atomic E-state index is 12.5. The van der Waals surface area contributed by atoms with Crippen molar-refractivity contribution in [1.29, 1.82) is 0 Å². The fraction of sp³-hybridized carbons (Fsp3) is 0.632. The van der Waals surface area contributed by atoms with E-state index in [1.165, 1.54) is 10.5 Å². The molecule has 0 aromatic heterocycles. The Hall–Kier alpha value is -1.71. The second kappa shape index (κ2) is 6.67. The average molecular weight is 455 g/mol. The number of carbonyl (C=O) groups excluding carboxylic acids is 1. The molecule has 7 atom stereocenters.